The molecule has 0 saturated heterocycles. The molecule has 0 aromatic carbocycles. The Morgan fingerprint density at radius 2 is 2.27 bits per heavy atom. The van der Waals surface area contributed by atoms with Crippen molar-refractivity contribution in [2.24, 2.45) is 7.05 Å². The first kappa shape index (κ1) is 12.5. The summed E-state index contributed by atoms with van der Waals surface area (Å²) in [5, 5.41) is 3.93. The van der Waals surface area contributed by atoms with Crippen molar-refractivity contribution in [2.75, 3.05) is 13.7 Å². The van der Waals surface area contributed by atoms with Crippen LogP contribution in [0.15, 0.2) is 6.20 Å². The van der Waals surface area contributed by atoms with Crippen LogP contribution in [0, 0.1) is 0 Å². The molecule has 0 fully saturated rings. The van der Waals surface area contributed by atoms with Gasteiger partial charge in [0.05, 0.1) is 18.3 Å². The van der Waals surface area contributed by atoms with Crippen molar-refractivity contribution in [3.8, 4) is 0 Å². The van der Waals surface area contributed by atoms with Gasteiger partial charge in [-0.05, 0) is 13.8 Å². The highest BCUT2D eigenvalue weighted by molar-refractivity contribution is 6.29. The van der Waals surface area contributed by atoms with Gasteiger partial charge in [0.2, 0.25) is 0 Å². The van der Waals surface area contributed by atoms with Crippen LogP contribution in [0.5, 0.6) is 0 Å². The Balaban J connectivity index is 2.42. The third kappa shape index (κ3) is 3.48. The lowest BCUT2D eigenvalue weighted by molar-refractivity contribution is 0.0229. The largest absolute Gasteiger partial charge is 0.377 e. The first-order valence-electron chi connectivity index (χ1n) is 4.88. The lowest BCUT2D eigenvalue weighted by Gasteiger charge is -2.23. The Morgan fingerprint density at radius 3 is 2.73 bits per heavy atom. The van der Waals surface area contributed by atoms with Gasteiger partial charge in [0.25, 0.3) is 0 Å². The molecule has 1 rings (SSSR count). The van der Waals surface area contributed by atoms with Crippen LogP contribution >= 0.6 is 11.6 Å². The van der Waals surface area contributed by atoms with Crippen molar-refractivity contribution in [1.82, 2.24) is 14.9 Å². The first-order chi connectivity index (χ1) is 6.96. The highest BCUT2D eigenvalue weighted by Gasteiger charge is 2.15. The second kappa shape index (κ2) is 4.96. The molecular weight excluding hydrogens is 214 g/mol. The molecule has 0 aliphatic carbocycles. The summed E-state index contributed by atoms with van der Waals surface area (Å²) in [6, 6.07) is 0. The van der Waals surface area contributed by atoms with E-state index in [4.69, 9.17) is 16.3 Å². The third-order valence-electron chi connectivity index (χ3n) is 2.41. The Kier molecular flexibility index (Phi) is 4.13. The summed E-state index contributed by atoms with van der Waals surface area (Å²) in [6.07, 6.45) is 1.65. The average molecular weight is 232 g/mol. The number of hydrogen-bond acceptors (Lipinski definition) is 3. The third-order valence-corrected chi connectivity index (χ3v) is 2.77. The van der Waals surface area contributed by atoms with Gasteiger partial charge in [0.15, 0.2) is 0 Å². The summed E-state index contributed by atoms with van der Waals surface area (Å²) >= 11 is 5.87. The molecule has 86 valence electrons. The van der Waals surface area contributed by atoms with Crippen LogP contribution in [0.25, 0.3) is 0 Å². The van der Waals surface area contributed by atoms with E-state index >= 15 is 0 Å². The molecule has 0 saturated carbocycles. The van der Waals surface area contributed by atoms with Crippen molar-refractivity contribution in [3.05, 3.63) is 17.2 Å². The summed E-state index contributed by atoms with van der Waals surface area (Å²) < 4.78 is 7.15. The second-order valence-electron chi connectivity index (χ2n) is 4.12. The number of ether oxygens (including phenoxy) is 1. The average Bonchev–Trinajstić information content (AvgIpc) is 2.49. The van der Waals surface area contributed by atoms with E-state index in [1.165, 1.54) is 0 Å². The normalized spacial score (nSPS) is 12.1. The fourth-order valence-electron chi connectivity index (χ4n) is 1.14. The fourth-order valence-corrected chi connectivity index (χ4v) is 1.28. The molecule has 1 aromatic heterocycles. The number of hydrogen-bond donors (Lipinski definition) is 1. The van der Waals surface area contributed by atoms with Crippen molar-refractivity contribution in [2.45, 2.75) is 26.0 Å². The molecule has 0 aliphatic heterocycles. The second-order valence-corrected chi connectivity index (χ2v) is 4.51. The van der Waals surface area contributed by atoms with Crippen molar-refractivity contribution in [1.29, 1.82) is 0 Å². The minimum atomic E-state index is -0.158. The smallest absolute Gasteiger partial charge is 0.128 e. The van der Waals surface area contributed by atoms with Crippen LogP contribution in [0.4, 0.5) is 0 Å². The maximum Gasteiger partial charge on any atom is 0.128 e. The zero-order chi connectivity index (χ0) is 11.5. The standard InChI is InChI=1S/C10H18ClN3O/c1-10(2,15-4)7-12-6-9-13-5-8(11)14(9)3/h5,12H,6-7H2,1-4H3. The molecule has 0 aliphatic rings. The van der Waals surface area contributed by atoms with Crippen LogP contribution in [0.1, 0.15) is 19.7 Å². The fraction of sp³-hybridized carbons (Fsp3) is 0.700. The Labute approximate surface area is 95.6 Å². The molecule has 0 bridgehead atoms. The maximum atomic E-state index is 5.87. The summed E-state index contributed by atoms with van der Waals surface area (Å²) in [6.45, 7) is 5.53. The number of aromatic nitrogens is 2. The van der Waals surface area contributed by atoms with Gasteiger partial charge in [-0.25, -0.2) is 4.98 Å². The van der Waals surface area contributed by atoms with Crippen molar-refractivity contribution in [3.63, 3.8) is 0 Å². The number of nitrogens with one attached hydrogen (secondary N) is 1. The molecule has 0 atom stereocenters. The van der Waals surface area contributed by atoms with Crippen LogP contribution in [0.2, 0.25) is 5.15 Å². The molecule has 15 heavy (non-hydrogen) atoms. The topological polar surface area (TPSA) is 39.1 Å². The predicted octanol–water partition coefficient (Wildman–Crippen LogP) is 1.59. The molecule has 1 N–H and O–H groups in total. The maximum absolute atomic E-state index is 5.87. The summed E-state index contributed by atoms with van der Waals surface area (Å²) in [5.74, 6) is 0.923. The van der Waals surface area contributed by atoms with E-state index in [-0.39, 0.29) is 5.60 Å². The van der Waals surface area contributed by atoms with Gasteiger partial charge in [-0.1, -0.05) is 11.6 Å². The number of imidazole rings is 1. The van der Waals surface area contributed by atoms with E-state index in [0.29, 0.717) is 11.7 Å². The van der Waals surface area contributed by atoms with E-state index in [1.807, 2.05) is 25.5 Å². The number of halogens is 1. The number of methoxy groups -OCH3 is 1. The zero-order valence-corrected chi connectivity index (χ0v) is 10.4. The van der Waals surface area contributed by atoms with Gasteiger partial charge >= 0.3 is 0 Å². The first-order valence-corrected chi connectivity index (χ1v) is 5.26. The summed E-state index contributed by atoms with van der Waals surface area (Å²) in [4.78, 5) is 4.19. The number of rotatable bonds is 5. The molecule has 4 nitrogen and oxygen atoms in total. The molecule has 1 heterocycles. The number of nitrogens with zero attached hydrogens (tertiary/aromatic N) is 2. The van der Waals surface area contributed by atoms with Gasteiger partial charge < -0.3 is 14.6 Å². The van der Waals surface area contributed by atoms with E-state index in [1.54, 1.807) is 13.3 Å². The Bertz CT molecular complexity index is 322. The van der Waals surface area contributed by atoms with Gasteiger partial charge in [-0.15, -0.1) is 0 Å². The molecule has 0 amide bonds. The highest BCUT2D eigenvalue weighted by Crippen LogP contribution is 2.09. The van der Waals surface area contributed by atoms with E-state index in [0.717, 1.165) is 12.4 Å². The summed E-state index contributed by atoms with van der Waals surface area (Å²) in [7, 11) is 3.60. The Hall–Kier alpha value is -0.580. The molecule has 5 heteroatoms. The zero-order valence-electron chi connectivity index (χ0n) is 9.67. The van der Waals surface area contributed by atoms with Crippen LogP contribution in [-0.4, -0.2) is 28.8 Å². The molecule has 1 aromatic rings. The lowest BCUT2D eigenvalue weighted by atomic mass is 10.1. The SMILES string of the molecule is COC(C)(C)CNCc1ncc(Cl)n1C. The van der Waals surface area contributed by atoms with E-state index < -0.39 is 0 Å². The molecule has 0 spiro atoms. The monoisotopic (exact) mass is 231 g/mol. The molecular formula is C10H18ClN3O. The van der Waals surface area contributed by atoms with E-state index in [2.05, 4.69) is 10.3 Å². The van der Waals surface area contributed by atoms with Crippen LogP contribution in [0.3, 0.4) is 0 Å². The van der Waals surface area contributed by atoms with Gasteiger partial charge in [-0.3, -0.25) is 0 Å². The van der Waals surface area contributed by atoms with Gasteiger partial charge in [0.1, 0.15) is 11.0 Å². The molecule has 0 unspecified atom stereocenters. The quantitative estimate of drug-likeness (QED) is 0.837. The van der Waals surface area contributed by atoms with Gasteiger partial charge in [0, 0.05) is 20.7 Å². The van der Waals surface area contributed by atoms with Crippen LogP contribution < -0.4 is 5.32 Å². The van der Waals surface area contributed by atoms with Crippen molar-refractivity contribution < 1.29 is 4.74 Å². The van der Waals surface area contributed by atoms with E-state index in [9.17, 15) is 0 Å². The molecule has 0 radical (unpaired) electrons. The van der Waals surface area contributed by atoms with Gasteiger partial charge in [-0.2, -0.15) is 0 Å². The minimum Gasteiger partial charge on any atom is -0.377 e. The lowest BCUT2D eigenvalue weighted by Crippen LogP contribution is -2.36. The van der Waals surface area contributed by atoms with Crippen LogP contribution in [-0.2, 0) is 18.3 Å². The van der Waals surface area contributed by atoms with Crippen molar-refractivity contribution >= 4 is 11.6 Å². The minimum absolute atomic E-state index is 0.158. The summed E-state index contributed by atoms with van der Waals surface area (Å²) in [5.41, 5.74) is -0.158. The highest BCUT2D eigenvalue weighted by atomic mass is 35.5. The predicted molar refractivity (Wildman–Crippen MR) is 61.0 cm³/mol. The Morgan fingerprint density at radius 1 is 1.60 bits per heavy atom.